The number of carbonyl (C=O) groups excluding carboxylic acids is 1. The fourth-order valence-corrected chi connectivity index (χ4v) is 1.03. The third-order valence-corrected chi connectivity index (χ3v) is 1.58. The average Bonchev–Trinajstić information content (AvgIpc) is 2.01. The van der Waals surface area contributed by atoms with Gasteiger partial charge in [-0.25, -0.2) is 4.79 Å². The molecule has 1 rings (SSSR count). The van der Waals surface area contributed by atoms with Gasteiger partial charge in [-0.3, -0.25) is 0 Å². The van der Waals surface area contributed by atoms with Gasteiger partial charge in [-0.05, 0) is 39.8 Å². The van der Waals surface area contributed by atoms with Gasteiger partial charge in [0.05, 0.1) is 5.56 Å². The lowest BCUT2D eigenvalue weighted by molar-refractivity contribution is 0.00690. The molecule has 0 saturated heterocycles. The van der Waals surface area contributed by atoms with Crippen molar-refractivity contribution < 1.29 is 9.53 Å². The molecule has 0 aliphatic rings. The maximum atomic E-state index is 11.6. The number of esters is 1. The summed E-state index contributed by atoms with van der Waals surface area (Å²) in [6.45, 7) is 7.48. The fourth-order valence-electron chi connectivity index (χ4n) is 1.03. The van der Waals surface area contributed by atoms with Crippen molar-refractivity contribution in [2.24, 2.45) is 0 Å². The second-order valence-electron chi connectivity index (χ2n) is 4.28. The SMILES string of the molecule is Cc1cc[c]c(C(=O)OC(C)(C)C)c1. The fraction of sp³-hybridized carbons (Fsp3) is 0.417. The third-order valence-electron chi connectivity index (χ3n) is 1.58. The van der Waals surface area contributed by atoms with Crippen molar-refractivity contribution in [2.45, 2.75) is 33.3 Å². The summed E-state index contributed by atoms with van der Waals surface area (Å²) in [5, 5.41) is 0. The van der Waals surface area contributed by atoms with Crippen LogP contribution in [0.3, 0.4) is 0 Å². The van der Waals surface area contributed by atoms with E-state index >= 15 is 0 Å². The molecule has 0 aliphatic heterocycles. The summed E-state index contributed by atoms with van der Waals surface area (Å²) in [5.41, 5.74) is 1.07. The predicted octanol–water partition coefficient (Wildman–Crippen LogP) is 2.75. The molecule has 0 aromatic heterocycles. The smallest absolute Gasteiger partial charge is 0.339 e. The van der Waals surface area contributed by atoms with Crippen LogP contribution < -0.4 is 0 Å². The van der Waals surface area contributed by atoms with Gasteiger partial charge in [-0.2, -0.15) is 0 Å². The first-order chi connectivity index (χ1) is 6.38. The van der Waals surface area contributed by atoms with Gasteiger partial charge in [0.15, 0.2) is 0 Å². The normalized spacial score (nSPS) is 11.1. The van der Waals surface area contributed by atoms with Crippen molar-refractivity contribution in [2.75, 3.05) is 0 Å². The molecule has 75 valence electrons. The molecule has 0 fully saturated rings. The molecule has 1 radical (unpaired) electrons. The van der Waals surface area contributed by atoms with Crippen LogP contribution in [0.25, 0.3) is 0 Å². The van der Waals surface area contributed by atoms with E-state index in [2.05, 4.69) is 6.07 Å². The van der Waals surface area contributed by atoms with Crippen LogP contribution in [0, 0.1) is 13.0 Å². The van der Waals surface area contributed by atoms with Crippen LogP contribution in [-0.4, -0.2) is 11.6 Å². The van der Waals surface area contributed by atoms with Gasteiger partial charge in [0.25, 0.3) is 0 Å². The summed E-state index contributed by atoms with van der Waals surface area (Å²) in [7, 11) is 0. The maximum Gasteiger partial charge on any atom is 0.339 e. The highest BCUT2D eigenvalue weighted by atomic mass is 16.6. The highest BCUT2D eigenvalue weighted by Gasteiger charge is 2.17. The molecule has 2 nitrogen and oxygen atoms in total. The van der Waals surface area contributed by atoms with Crippen molar-refractivity contribution in [3.05, 3.63) is 35.4 Å². The predicted molar refractivity (Wildman–Crippen MR) is 55.2 cm³/mol. The van der Waals surface area contributed by atoms with Gasteiger partial charge in [0.2, 0.25) is 0 Å². The topological polar surface area (TPSA) is 26.3 Å². The number of hydrogen-bond acceptors (Lipinski definition) is 2. The van der Waals surface area contributed by atoms with Crippen molar-refractivity contribution in [1.29, 1.82) is 0 Å². The van der Waals surface area contributed by atoms with Crippen molar-refractivity contribution >= 4 is 5.97 Å². The Morgan fingerprint density at radius 1 is 1.43 bits per heavy atom. The van der Waals surface area contributed by atoms with Crippen LogP contribution in [0.5, 0.6) is 0 Å². The molecule has 0 atom stereocenters. The zero-order chi connectivity index (χ0) is 10.8. The quantitative estimate of drug-likeness (QED) is 0.638. The molecule has 0 heterocycles. The standard InChI is InChI=1S/C12H15O2/c1-9-6-5-7-10(8-9)11(13)14-12(2,3)4/h5-6,8H,1-4H3. The van der Waals surface area contributed by atoms with Crippen LogP contribution in [0.2, 0.25) is 0 Å². The monoisotopic (exact) mass is 191 g/mol. The number of benzene rings is 1. The Balaban J connectivity index is 2.80. The number of carbonyl (C=O) groups is 1. The second-order valence-corrected chi connectivity index (χ2v) is 4.28. The third kappa shape index (κ3) is 3.21. The lowest BCUT2D eigenvalue weighted by atomic mass is 10.1. The van der Waals surface area contributed by atoms with E-state index in [0.717, 1.165) is 5.56 Å². The van der Waals surface area contributed by atoms with E-state index in [1.807, 2.05) is 33.8 Å². The molecule has 1 aromatic carbocycles. The Morgan fingerprint density at radius 3 is 2.57 bits per heavy atom. The van der Waals surface area contributed by atoms with Gasteiger partial charge < -0.3 is 4.74 Å². The first kappa shape index (κ1) is 10.8. The van der Waals surface area contributed by atoms with Gasteiger partial charge in [0.1, 0.15) is 5.60 Å². The number of aryl methyl sites for hydroxylation is 1. The van der Waals surface area contributed by atoms with E-state index in [9.17, 15) is 4.79 Å². The van der Waals surface area contributed by atoms with E-state index < -0.39 is 5.60 Å². The van der Waals surface area contributed by atoms with Crippen LogP contribution in [0.4, 0.5) is 0 Å². The molecular formula is C12H15O2. The molecule has 0 bridgehead atoms. The average molecular weight is 191 g/mol. The maximum absolute atomic E-state index is 11.6. The minimum atomic E-state index is -0.450. The first-order valence-corrected chi connectivity index (χ1v) is 4.60. The largest absolute Gasteiger partial charge is 0.456 e. The zero-order valence-electron chi connectivity index (χ0n) is 9.05. The highest BCUT2D eigenvalue weighted by Crippen LogP contribution is 2.12. The van der Waals surface area contributed by atoms with Crippen molar-refractivity contribution in [3.8, 4) is 0 Å². The van der Waals surface area contributed by atoms with Crippen molar-refractivity contribution in [1.82, 2.24) is 0 Å². The van der Waals surface area contributed by atoms with E-state index in [1.165, 1.54) is 0 Å². The molecule has 1 aromatic rings. The summed E-state index contributed by atoms with van der Waals surface area (Å²) in [5.74, 6) is -0.318. The van der Waals surface area contributed by atoms with Gasteiger partial charge >= 0.3 is 5.97 Å². The highest BCUT2D eigenvalue weighted by molar-refractivity contribution is 5.89. The van der Waals surface area contributed by atoms with E-state index in [1.54, 1.807) is 12.1 Å². The zero-order valence-corrected chi connectivity index (χ0v) is 9.05. The summed E-state index contributed by atoms with van der Waals surface area (Å²) in [6, 6.07) is 8.26. The first-order valence-electron chi connectivity index (χ1n) is 4.60. The Labute approximate surface area is 84.9 Å². The Bertz CT molecular complexity index is 334. The molecule has 0 N–H and O–H groups in total. The van der Waals surface area contributed by atoms with Crippen LogP contribution >= 0.6 is 0 Å². The van der Waals surface area contributed by atoms with Gasteiger partial charge in [-0.1, -0.05) is 17.7 Å². The minimum absolute atomic E-state index is 0.318. The molecule has 0 amide bonds. The van der Waals surface area contributed by atoms with E-state index in [0.29, 0.717) is 5.56 Å². The van der Waals surface area contributed by atoms with Crippen molar-refractivity contribution in [3.63, 3.8) is 0 Å². The van der Waals surface area contributed by atoms with Gasteiger partial charge in [0, 0.05) is 0 Å². The molecule has 2 heteroatoms. The molecule has 14 heavy (non-hydrogen) atoms. The molecule has 0 unspecified atom stereocenters. The van der Waals surface area contributed by atoms with E-state index in [-0.39, 0.29) is 5.97 Å². The molecule has 0 aliphatic carbocycles. The number of hydrogen-bond donors (Lipinski definition) is 0. The Morgan fingerprint density at radius 2 is 2.07 bits per heavy atom. The molecule has 0 spiro atoms. The Kier molecular flexibility index (Phi) is 2.94. The summed E-state index contributed by atoms with van der Waals surface area (Å²) in [4.78, 5) is 11.6. The summed E-state index contributed by atoms with van der Waals surface area (Å²) >= 11 is 0. The molecular weight excluding hydrogens is 176 g/mol. The molecule has 0 saturated carbocycles. The number of rotatable bonds is 1. The van der Waals surface area contributed by atoms with Gasteiger partial charge in [-0.15, -0.1) is 0 Å². The summed E-state index contributed by atoms with van der Waals surface area (Å²) in [6.07, 6.45) is 0. The second kappa shape index (κ2) is 3.82. The van der Waals surface area contributed by atoms with Crippen LogP contribution in [-0.2, 0) is 4.74 Å². The van der Waals surface area contributed by atoms with Crippen LogP contribution in [0.15, 0.2) is 18.2 Å². The Hall–Kier alpha value is -1.31. The number of ether oxygens (including phenoxy) is 1. The minimum Gasteiger partial charge on any atom is -0.456 e. The summed E-state index contributed by atoms with van der Waals surface area (Å²) < 4.78 is 5.21. The van der Waals surface area contributed by atoms with E-state index in [4.69, 9.17) is 4.74 Å². The lowest BCUT2D eigenvalue weighted by Crippen LogP contribution is -2.23. The van der Waals surface area contributed by atoms with Crippen LogP contribution in [0.1, 0.15) is 36.7 Å². The lowest BCUT2D eigenvalue weighted by Gasteiger charge is -2.19.